The molecule has 3 aromatic rings. The second-order valence-electron chi connectivity index (χ2n) is 6.63. The maximum Gasteiger partial charge on any atom is 0.327 e. The summed E-state index contributed by atoms with van der Waals surface area (Å²) in [5.41, 5.74) is 0. The van der Waals surface area contributed by atoms with Gasteiger partial charge in [-0.15, -0.1) is 0 Å². The fourth-order valence-corrected chi connectivity index (χ4v) is 8.27. The smallest absolute Gasteiger partial charge is 0.327 e. The van der Waals surface area contributed by atoms with E-state index in [4.69, 9.17) is 4.74 Å². The fraction of sp³-hybridized carbons (Fsp3) is 0.160. The molecular formula is C25H24NO2P. The first-order valence-electron chi connectivity index (χ1n) is 9.62. The van der Waals surface area contributed by atoms with Crippen molar-refractivity contribution in [3.05, 3.63) is 91.0 Å². The van der Waals surface area contributed by atoms with Crippen molar-refractivity contribution < 1.29 is 9.53 Å². The first-order chi connectivity index (χ1) is 14.2. The van der Waals surface area contributed by atoms with Crippen molar-refractivity contribution in [1.29, 1.82) is 5.26 Å². The molecule has 0 spiro atoms. The van der Waals surface area contributed by atoms with Gasteiger partial charge in [0.2, 0.25) is 0 Å². The number of rotatable bonds is 6. The first-order valence-corrected chi connectivity index (χ1v) is 11.4. The monoisotopic (exact) mass is 401 g/mol. The molecule has 0 aliphatic rings. The van der Waals surface area contributed by atoms with Crippen molar-refractivity contribution in [2.24, 2.45) is 5.92 Å². The molecule has 146 valence electrons. The number of hydrogen-bond donors (Lipinski definition) is 0. The van der Waals surface area contributed by atoms with Crippen LogP contribution in [0.25, 0.3) is 0 Å². The average Bonchev–Trinajstić information content (AvgIpc) is 2.77. The molecule has 0 bridgehead atoms. The summed E-state index contributed by atoms with van der Waals surface area (Å²) < 4.78 is 5.25. The number of esters is 1. The van der Waals surface area contributed by atoms with E-state index in [9.17, 15) is 10.1 Å². The Morgan fingerprint density at radius 2 is 1.24 bits per heavy atom. The van der Waals surface area contributed by atoms with Crippen LogP contribution >= 0.6 is 6.89 Å². The largest absolute Gasteiger partial charge is 0.465 e. The minimum atomic E-state index is -2.40. The molecule has 3 nitrogen and oxygen atoms in total. The molecule has 29 heavy (non-hydrogen) atoms. The van der Waals surface area contributed by atoms with E-state index in [1.807, 2.05) is 61.5 Å². The average molecular weight is 401 g/mol. The molecule has 0 aromatic heterocycles. The van der Waals surface area contributed by atoms with Crippen LogP contribution in [0.1, 0.15) is 13.8 Å². The molecule has 0 N–H and O–H groups in total. The van der Waals surface area contributed by atoms with E-state index < -0.39 is 18.8 Å². The summed E-state index contributed by atoms with van der Waals surface area (Å²) in [6.45, 7) is 1.54. The summed E-state index contributed by atoms with van der Waals surface area (Å²) >= 11 is 0. The lowest BCUT2D eigenvalue weighted by Crippen LogP contribution is -2.34. The Morgan fingerprint density at radius 1 is 0.862 bits per heavy atom. The van der Waals surface area contributed by atoms with Crippen LogP contribution in [0.2, 0.25) is 0 Å². The van der Waals surface area contributed by atoms with Crippen molar-refractivity contribution in [1.82, 2.24) is 0 Å². The molecule has 0 saturated heterocycles. The molecule has 0 fully saturated rings. The third-order valence-electron chi connectivity index (χ3n) is 5.03. The molecule has 0 amide bonds. The van der Waals surface area contributed by atoms with E-state index in [2.05, 4.69) is 42.5 Å². The van der Waals surface area contributed by atoms with Gasteiger partial charge in [0.15, 0.2) is 5.92 Å². The van der Waals surface area contributed by atoms with Crippen LogP contribution < -0.4 is 15.9 Å². The van der Waals surface area contributed by atoms with E-state index in [0.717, 1.165) is 21.2 Å². The van der Waals surface area contributed by atoms with E-state index in [0.29, 0.717) is 0 Å². The molecule has 0 radical (unpaired) electrons. The predicted octanol–water partition coefficient (Wildman–Crippen LogP) is 3.88. The Bertz CT molecular complexity index is 951. The zero-order chi connectivity index (χ0) is 20.7. The number of benzene rings is 3. The molecule has 1 unspecified atom stereocenters. The van der Waals surface area contributed by atoms with E-state index in [1.165, 1.54) is 0 Å². The first kappa shape index (κ1) is 20.6. The Morgan fingerprint density at radius 3 is 1.55 bits per heavy atom. The second kappa shape index (κ2) is 9.41. The molecular weight excluding hydrogens is 377 g/mol. The highest BCUT2D eigenvalue weighted by molar-refractivity contribution is 7.95. The summed E-state index contributed by atoms with van der Waals surface area (Å²) in [5.74, 6) is -1.43. The van der Waals surface area contributed by atoms with Gasteiger partial charge in [-0.25, -0.2) is 0 Å². The van der Waals surface area contributed by atoms with Crippen molar-refractivity contribution >= 4 is 34.1 Å². The highest BCUT2D eigenvalue weighted by Crippen LogP contribution is 2.47. The minimum absolute atomic E-state index is 0.248. The van der Waals surface area contributed by atoms with Crippen LogP contribution in [0, 0.1) is 17.2 Å². The number of hydrogen-bond acceptors (Lipinski definition) is 3. The van der Waals surface area contributed by atoms with Crippen LogP contribution in [-0.4, -0.2) is 17.9 Å². The van der Waals surface area contributed by atoms with Gasteiger partial charge in [0.05, 0.1) is 12.7 Å². The van der Waals surface area contributed by atoms with Gasteiger partial charge >= 0.3 is 5.97 Å². The van der Waals surface area contributed by atoms with E-state index >= 15 is 0 Å². The quantitative estimate of drug-likeness (QED) is 0.465. The van der Waals surface area contributed by atoms with Crippen LogP contribution in [0.5, 0.6) is 0 Å². The van der Waals surface area contributed by atoms with Gasteiger partial charge in [-0.3, -0.25) is 4.79 Å². The van der Waals surface area contributed by atoms with E-state index in [-0.39, 0.29) is 6.61 Å². The van der Waals surface area contributed by atoms with Crippen LogP contribution in [0.4, 0.5) is 0 Å². The SMILES string of the molecule is CCOC(=O)C(C#N)C(C)=P(c1ccccc1)(c1ccccc1)c1ccccc1. The topological polar surface area (TPSA) is 50.1 Å². The van der Waals surface area contributed by atoms with Crippen LogP contribution in [-0.2, 0) is 9.53 Å². The number of ether oxygens (including phenoxy) is 1. The lowest BCUT2D eigenvalue weighted by molar-refractivity contribution is -0.143. The summed E-state index contributed by atoms with van der Waals surface area (Å²) in [5, 5.41) is 14.1. The van der Waals surface area contributed by atoms with Gasteiger partial charge in [0.25, 0.3) is 0 Å². The Balaban J connectivity index is 2.50. The summed E-state index contributed by atoms with van der Waals surface area (Å²) in [7, 11) is 0. The van der Waals surface area contributed by atoms with Gasteiger partial charge in [-0.2, -0.15) is 5.26 Å². The Kier molecular flexibility index (Phi) is 6.70. The van der Waals surface area contributed by atoms with Gasteiger partial charge in [0, 0.05) is 0 Å². The van der Waals surface area contributed by atoms with Crippen molar-refractivity contribution in [3.8, 4) is 6.07 Å². The highest BCUT2D eigenvalue weighted by Gasteiger charge is 2.34. The predicted molar refractivity (Wildman–Crippen MR) is 122 cm³/mol. The van der Waals surface area contributed by atoms with Gasteiger partial charge in [0.1, 0.15) is 0 Å². The standard InChI is InChI=1S/C25H24NO2P/c1-3-28-25(27)24(19-26)20(2)29(21-13-7-4-8-14-21,22-15-9-5-10-16-22)23-17-11-6-12-18-23/h4-18,24H,3H2,1-2H3. The Labute approximate surface area is 172 Å². The molecule has 0 aliphatic carbocycles. The van der Waals surface area contributed by atoms with Gasteiger partial charge in [-0.1, -0.05) is 91.0 Å². The minimum Gasteiger partial charge on any atom is -0.465 e. The summed E-state index contributed by atoms with van der Waals surface area (Å²) in [6, 6.07) is 32.8. The molecule has 3 aromatic carbocycles. The number of carbonyl (C=O) groups is 1. The normalized spacial score (nSPS) is 11.9. The summed E-state index contributed by atoms with van der Waals surface area (Å²) in [6.07, 6.45) is 0. The molecule has 3 rings (SSSR count). The fourth-order valence-electron chi connectivity index (χ4n) is 3.75. The van der Waals surface area contributed by atoms with Crippen LogP contribution in [0.3, 0.4) is 0 Å². The molecule has 4 heteroatoms. The lowest BCUT2D eigenvalue weighted by Gasteiger charge is -2.33. The van der Waals surface area contributed by atoms with Gasteiger partial charge in [-0.05, 0) is 41.9 Å². The third-order valence-corrected chi connectivity index (χ3v) is 9.56. The van der Waals surface area contributed by atoms with Crippen molar-refractivity contribution in [3.63, 3.8) is 0 Å². The molecule has 0 aliphatic heterocycles. The second-order valence-corrected chi connectivity index (χ2v) is 10.2. The number of nitriles is 1. The lowest BCUT2D eigenvalue weighted by atomic mass is 10.1. The van der Waals surface area contributed by atoms with E-state index in [1.54, 1.807) is 6.92 Å². The maximum absolute atomic E-state index is 12.7. The number of carbonyl (C=O) groups excluding carboxylic acids is 1. The summed E-state index contributed by atoms with van der Waals surface area (Å²) in [4.78, 5) is 12.7. The van der Waals surface area contributed by atoms with Crippen molar-refractivity contribution in [2.75, 3.05) is 6.61 Å². The van der Waals surface area contributed by atoms with Gasteiger partial charge < -0.3 is 4.74 Å². The molecule has 0 heterocycles. The zero-order valence-electron chi connectivity index (χ0n) is 16.7. The Hall–Kier alpha value is -3.08. The maximum atomic E-state index is 12.7. The van der Waals surface area contributed by atoms with Crippen molar-refractivity contribution in [2.45, 2.75) is 13.8 Å². The highest BCUT2D eigenvalue weighted by atomic mass is 31.2. The third kappa shape index (κ3) is 3.90. The number of nitrogens with zero attached hydrogens (tertiary/aromatic N) is 1. The zero-order valence-corrected chi connectivity index (χ0v) is 17.6. The molecule has 1 atom stereocenters. The van der Waals surface area contributed by atoms with Crippen LogP contribution in [0.15, 0.2) is 91.0 Å². The molecule has 0 saturated carbocycles.